The highest BCUT2D eigenvalue weighted by atomic mass is 31.2. The Labute approximate surface area is 207 Å². The maximum atomic E-state index is 12.0. The van der Waals surface area contributed by atoms with E-state index in [4.69, 9.17) is 19.0 Å². The van der Waals surface area contributed by atoms with Gasteiger partial charge in [0.15, 0.2) is 6.10 Å². The molecule has 0 aliphatic rings. The normalized spacial score (nSPS) is 14.6. The van der Waals surface area contributed by atoms with Crippen LogP contribution in [0.5, 0.6) is 0 Å². The largest absolute Gasteiger partial charge is 0.756 e. The predicted octanol–water partition coefficient (Wildman–Crippen LogP) is 5.08. The van der Waals surface area contributed by atoms with Crippen molar-refractivity contribution in [3.63, 3.8) is 0 Å². The van der Waals surface area contributed by atoms with Crippen LogP contribution in [0, 0.1) is 0 Å². The molecular weight excluding hydrogens is 461 g/mol. The number of carbonyl (C=O) groups is 1. The van der Waals surface area contributed by atoms with Crippen molar-refractivity contribution >= 4 is 13.8 Å². The zero-order valence-corrected chi connectivity index (χ0v) is 22.9. The third kappa shape index (κ3) is 23.2. The van der Waals surface area contributed by atoms with E-state index in [0.717, 1.165) is 12.8 Å². The molecule has 0 fully saturated rings. The van der Waals surface area contributed by atoms with Gasteiger partial charge in [-0.2, -0.15) is 0 Å². The summed E-state index contributed by atoms with van der Waals surface area (Å²) >= 11 is 0. The topological polar surface area (TPSA) is 114 Å². The van der Waals surface area contributed by atoms with Gasteiger partial charge >= 0.3 is 5.97 Å². The quantitative estimate of drug-likeness (QED) is 0.0477. The van der Waals surface area contributed by atoms with Crippen molar-refractivity contribution in [3.8, 4) is 0 Å². The Morgan fingerprint density at radius 3 is 1.82 bits per heavy atom. The number of ether oxygens (including phenoxy) is 1. The molecule has 0 saturated heterocycles. The number of carbonyl (C=O) groups excluding carboxylic acids is 1. The van der Waals surface area contributed by atoms with Crippen LogP contribution in [0.3, 0.4) is 0 Å². The third-order valence-corrected chi connectivity index (χ3v) is 6.44. The monoisotopic (exact) mass is 511 g/mol. The number of likely N-dealkylation sites (N-methyl/N-ethyl adjacent to an activating group) is 1. The van der Waals surface area contributed by atoms with Crippen molar-refractivity contribution in [3.05, 3.63) is 0 Å². The van der Waals surface area contributed by atoms with Gasteiger partial charge in [0.1, 0.15) is 19.8 Å². The number of unbranched alkanes of at least 4 members (excludes halogenated alkanes) is 12. The molecule has 10 heteroatoms. The fourth-order valence-electron chi connectivity index (χ4n) is 3.37. The van der Waals surface area contributed by atoms with E-state index in [9.17, 15) is 14.3 Å². The van der Waals surface area contributed by atoms with Crippen molar-refractivity contribution in [2.24, 2.45) is 0 Å². The summed E-state index contributed by atoms with van der Waals surface area (Å²) in [5.74, 6) is -0.472. The Morgan fingerprint density at radius 1 is 0.853 bits per heavy atom. The molecule has 0 amide bonds. The van der Waals surface area contributed by atoms with Crippen LogP contribution in [0.2, 0.25) is 0 Å². The van der Waals surface area contributed by atoms with Crippen LogP contribution in [0.4, 0.5) is 0 Å². The number of hydrogen-bond donors (Lipinski definition) is 1. The molecule has 0 radical (unpaired) electrons. The smallest absolute Gasteiger partial charge is 0.306 e. The summed E-state index contributed by atoms with van der Waals surface area (Å²) in [5.41, 5.74) is 0. The molecule has 0 aromatic carbocycles. The molecule has 0 bridgehead atoms. The molecule has 2 atom stereocenters. The van der Waals surface area contributed by atoms with E-state index in [-0.39, 0.29) is 19.6 Å². The molecule has 1 unspecified atom stereocenters. The van der Waals surface area contributed by atoms with Crippen molar-refractivity contribution in [2.75, 3.05) is 47.5 Å². The van der Waals surface area contributed by atoms with Gasteiger partial charge in [0, 0.05) is 6.42 Å². The van der Waals surface area contributed by atoms with Crippen LogP contribution in [0.1, 0.15) is 96.8 Å². The average molecular weight is 512 g/mol. The molecule has 0 saturated carbocycles. The lowest BCUT2D eigenvalue weighted by atomic mass is 10.0. The van der Waals surface area contributed by atoms with E-state index in [1.54, 1.807) is 0 Å². The van der Waals surface area contributed by atoms with Crippen LogP contribution < -0.4 is 4.89 Å². The van der Waals surface area contributed by atoms with E-state index in [1.165, 1.54) is 64.2 Å². The van der Waals surface area contributed by atoms with E-state index in [2.05, 4.69) is 11.8 Å². The van der Waals surface area contributed by atoms with Crippen molar-refractivity contribution in [2.45, 2.75) is 103 Å². The zero-order chi connectivity index (χ0) is 25.7. The first-order chi connectivity index (χ1) is 16.1. The van der Waals surface area contributed by atoms with Gasteiger partial charge in [-0.3, -0.25) is 14.6 Å². The van der Waals surface area contributed by atoms with Gasteiger partial charge in [0.25, 0.3) is 7.82 Å². The lowest BCUT2D eigenvalue weighted by molar-refractivity contribution is -0.870. The maximum Gasteiger partial charge on any atom is 0.306 e. The summed E-state index contributed by atoms with van der Waals surface area (Å²) in [4.78, 5) is 27.9. The first-order valence-electron chi connectivity index (χ1n) is 13.0. The summed E-state index contributed by atoms with van der Waals surface area (Å²) in [6.45, 7) is 1.83. The van der Waals surface area contributed by atoms with E-state index in [0.29, 0.717) is 17.4 Å². The standard InChI is InChI=1S/C24H50NO8P/c1-5-6-7-8-9-10-11-12-13-14-15-16-17-18-24(26)33-23(21-30-27)22-32-34(28,29)31-20-19-25(2,3)4/h23H,5-22H2,1-4H3,(H-,27,28,29)/t23-/m1/s1. The summed E-state index contributed by atoms with van der Waals surface area (Å²) in [6.07, 6.45) is 15.0. The second-order valence-electron chi connectivity index (χ2n) is 9.99. The molecule has 0 spiro atoms. The molecule has 0 aliphatic heterocycles. The predicted molar refractivity (Wildman–Crippen MR) is 131 cm³/mol. The fraction of sp³-hybridized carbons (Fsp3) is 0.958. The third-order valence-electron chi connectivity index (χ3n) is 5.47. The van der Waals surface area contributed by atoms with Crippen LogP contribution >= 0.6 is 7.82 Å². The van der Waals surface area contributed by atoms with Gasteiger partial charge in [-0.25, -0.2) is 4.89 Å². The van der Waals surface area contributed by atoms with Crippen LogP contribution in [0.25, 0.3) is 0 Å². The Morgan fingerprint density at radius 2 is 1.35 bits per heavy atom. The molecule has 0 rings (SSSR count). The number of rotatable bonds is 24. The fourth-order valence-corrected chi connectivity index (χ4v) is 4.10. The van der Waals surface area contributed by atoms with Crippen LogP contribution in [0.15, 0.2) is 0 Å². The lowest BCUT2D eigenvalue weighted by Gasteiger charge is -2.28. The molecule has 204 valence electrons. The Balaban J connectivity index is 3.86. The maximum absolute atomic E-state index is 12.0. The summed E-state index contributed by atoms with van der Waals surface area (Å²) in [7, 11) is 1.18. The van der Waals surface area contributed by atoms with E-state index >= 15 is 0 Å². The second-order valence-corrected chi connectivity index (χ2v) is 11.4. The SMILES string of the molecule is CCCCCCCCCCCCCCCC(=O)O[C@H](COO)COP(=O)([O-])OCC[N+](C)(C)C. The van der Waals surface area contributed by atoms with Gasteiger partial charge in [-0.15, -0.1) is 0 Å². The van der Waals surface area contributed by atoms with Gasteiger partial charge in [-0.1, -0.05) is 84.0 Å². The van der Waals surface area contributed by atoms with Crippen molar-refractivity contribution in [1.82, 2.24) is 0 Å². The van der Waals surface area contributed by atoms with Crippen LogP contribution in [-0.4, -0.2) is 69.3 Å². The Kier molecular flexibility index (Phi) is 20.3. The Hall–Kier alpha value is -0.540. The summed E-state index contributed by atoms with van der Waals surface area (Å²) < 4.78 is 27.2. The minimum atomic E-state index is -4.54. The van der Waals surface area contributed by atoms with E-state index < -0.39 is 26.5 Å². The highest BCUT2D eigenvalue weighted by Gasteiger charge is 2.20. The van der Waals surface area contributed by atoms with Gasteiger partial charge in [0.2, 0.25) is 0 Å². The molecule has 34 heavy (non-hydrogen) atoms. The molecule has 0 heterocycles. The van der Waals surface area contributed by atoms with Crippen molar-refractivity contribution < 1.29 is 42.7 Å². The number of nitrogens with zero attached hydrogens (tertiary/aromatic N) is 1. The van der Waals surface area contributed by atoms with E-state index in [1.807, 2.05) is 21.1 Å². The second kappa shape index (κ2) is 20.6. The first kappa shape index (κ1) is 33.5. The molecule has 0 aliphatic carbocycles. The Bertz CT molecular complexity index is 542. The van der Waals surface area contributed by atoms with Crippen molar-refractivity contribution in [1.29, 1.82) is 0 Å². The number of hydrogen-bond acceptors (Lipinski definition) is 8. The minimum absolute atomic E-state index is 0.0235. The highest BCUT2D eigenvalue weighted by Crippen LogP contribution is 2.38. The number of phosphoric ester groups is 1. The lowest BCUT2D eigenvalue weighted by Crippen LogP contribution is -2.37. The zero-order valence-electron chi connectivity index (χ0n) is 22.0. The number of esters is 1. The molecule has 0 aromatic rings. The molecular formula is C24H50NO8P. The average Bonchev–Trinajstić information content (AvgIpc) is 2.74. The molecule has 1 N–H and O–H groups in total. The number of quaternary nitrogens is 1. The first-order valence-corrected chi connectivity index (χ1v) is 14.4. The summed E-state index contributed by atoms with van der Waals surface area (Å²) in [5, 5.41) is 8.68. The highest BCUT2D eigenvalue weighted by molar-refractivity contribution is 7.45. The molecule has 9 nitrogen and oxygen atoms in total. The minimum Gasteiger partial charge on any atom is -0.756 e. The molecule has 0 aromatic heterocycles. The van der Waals surface area contributed by atoms with Gasteiger partial charge in [0.05, 0.1) is 27.7 Å². The van der Waals surface area contributed by atoms with Gasteiger partial charge in [-0.05, 0) is 6.42 Å². The number of phosphoric acid groups is 1. The summed E-state index contributed by atoms with van der Waals surface area (Å²) in [6, 6.07) is 0. The van der Waals surface area contributed by atoms with Crippen LogP contribution in [-0.2, 0) is 28.0 Å². The van der Waals surface area contributed by atoms with Gasteiger partial charge < -0.3 is 23.2 Å².